The molecule has 0 amide bonds. The Balaban J connectivity index is 1.46. The van der Waals surface area contributed by atoms with Gasteiger partial charge in [0.2, 0.25) is 0 Å². The third-order valence-electron chi connectivity index (χ3n) is 5.96. The Labute approximate surface area is 149 Å². The number of halogens is 4. The van der Waals surface area contributed by atoms with Crippen LogP contribution in [0, 0.1) is 29.3 Å². The quantitative estimate of drug-likeness (QED) is 0.309. The second-order valence-electron chi connectivity index (χ2n) is 7.55. The Hall–Kier alpha value is -0.483. The molecule has 0 spiro atoms. The van der Waals surface area contributed by atoms with Gasteiger partial charge in [0, 0.05) is 0 Å². The zero-order chi connectivity index (χ0) is 17.1. The van der Waals surface area contributed by atoms with Gasteiger partial charge >= 0.3 is 0 Å². The molecule has 24 heavy (non-hydrogen) atoms. The molecule has 1 saturated carbocycles. The highest BCUT2D eigenvalue weighted by atomic mass is 35.6. The van der Waals surface area contributed by atoms with E-state index in [4.69, 9.17) is 11.1 Å². The van der Waals surface area contributed by atoms with E-state index in [2.05, 4.69) is 0 Å². The lowest BCUT2D eigenvalue weighted by Gasteiger charge is -2.31. The Kier molecular flexibility index (Phi) is 6.31. The summed E-state index contributed by atoms with van der Waals surface area (Å²) in [5.74, 6) is -1.73. The SMILES string of the molecule is Fc1cc(C2CCC(CCC3CC[Si](Cl)CC3)CC2)cc(F)c1F. The molecule has 0 bridgehead atoms. The topological polar surface area (TPSA) is 0 Å². The molecule has 5 heteroatoms. The summed E-state index contributed by atoms with van der Waals surface area (Å²) in [6, 6.07) is 4.87. The van der Waals surface area contributed by atoms with Crippen molar-refractivity contribution in [1.82, 2.24) is 0 Å². The van der Waals surface area contributed by atoms with E-state index in [1.165, 1.54) is 49.9 Å². The summed E-state index contributed by atoms with van der Waals surface area (Å²) in [5.41, 5.74) is 0.619. The minimum Gasteiger partial charge on any atom is -0.204 e. The lowest BCUT2D eigenvalue weighted by Crippen LogP contribution is -2.18. The van der Waals surface area contributed by atoms with Crippen LogP contribution in [0.25, 0.3) is 0 Å². The maximum Gasteiger partial charge on any atom is 0.194 e. The second kappa shape index (κ2) is 8.26. The van der Waals surface area contributed by atoms with E-state index in [1.807, 2.05) is 0 Å². The molecule has 0 aromatic heterocycles. The minimum absolute atomic E-state index is 0.168. The van der Waals surface area contributed by atoms with Crippen molar-refractivity contribution in [3.63, 3.8) is 0 Å². The fraction of sp³-hybridized carbons (Fsp3) is 0.684. The van der Waals surface area contributed by atoms with Crippen molar-refractivity contribution in [3.8, 4) is 0 Å². The van der Waals surface area contributed by atoms with Gasteiger partial charge in [0.15, 0.2) is 25.6 Å². The average Bonchev–Trinajstić information content (AvgIpc) is 2.59. The van der Waals surface area contributed by atoms with Gasteiger partial charge in [-0.3, -0.25) is 0 Å². The van der Waals surface area contributed by atoms with Crippen LogP contribution < -0.4 is 0 Å². The maximum atomic E-state index is 13.4. The zero-order valence-electron chi connectivity index (χ0n) is 14.0. The normalized spacial score (nSPS) is 26.7. The van der Waals surface area contributed by atoms with E-state index < -0.39 is 25.6 Å². The van der Waals surface area contributed by atoms with Crippen LogP contribution in [0.5, 0.6) is 0 Å². The number of hydrogen-bond acceptors (Lipinski definition) is 0. The molecule has 1 heterocycles. The summed E-state index contributed by atoms with van der Waals surface area (Å²) in [6.07, 6.45) is 9.33. The fourth-order valence-corrected chi connectivity index (χ4v) is 6.69. The molecule has 0 atom stereocenters. The van der Waals surface area contributed by atoms with Crippen LogP contribution in [0.15, 0.2) is 12.1 Å². The van der Waals surface area contributed by atoms with Crippen molar-refractivity contribution in [1.29, 1.82) is 0 Å². The lowest BCUT2D eigenvalue weighted by molar-refractivity contribution is 0.279. The summed E-state index contributed by atoms with van der Waals surface area (Å²) in [6.45, 7) is 0. The molecule has 0 unspecified atom stereocenters. The molecule has 2 aliphatic rings. The van der Waals surface area contributed by atoms with Gasteiger partial charge in [-0.1, -0.05) is 25.7 Å². The van der Waals surface area contributed by atoms with Crippen LogP contribution in [-0.2, 0) is 0 Å². The molecule has 1 aromatic carbocycles. The monoisotopic (exact) mass is 373 g/mol. The first-order valence-electron chi connectivity index (χ1n) is 9.17. The highest BCUT2D eigenvalue weighted by Crippen LogP contribution is 2.40. The van der Waals surface area contributed by atoms with E-state index in [1.54, 1.807) is 0 Å². The molecule has 0 N–H and O–H groups in total. The molecule has 133 valence electrons. The molecular formula is C19H25ClF3Si. The van der Waals surface area contributed by atoms with E-state index in [0.29, 0.717) is 5.56 Å². The number of hydrogen-bond donors (Lipinski definition) is 0. The van der Waals surface area contributed by atoms with Crippen molar-refractivity contribution in [2.45, 2.75) is 69.4 Å². The Morgan fingerprint density at radius 3 is 1.88 bits per heavy atom. The van der Waals surface area contributed by atoms with Crippen LogP contribution >= 0.6 is 11.1 Å². The molecule has 3 rings (SSSR count). The first-order chi connectivity index (χ1) is 11.5. The van der Waals surface area contributed by atoms with Gasteiger partial charge in [0.1, 0.15) is 0 Å². The van der Waals surface area contributed by atoms with Crippen molar-refractivity contribution >= 4 is 19.2 Å². The van der Waals surface area contributed by atoms with Crippen molar-refractivity contribution in [2.75, 3.05) is 0 Å². The first-order valence-corrected chi connectivity index (χ1v) is 12.1. The van der Waals surface area contributed by atoms with Gasteiger partial charge in [-0.05, 0) is 73.2 Å². The summed E-state index contributed by atoms with van der Waals surface area (Å²) in [7, 11) is -0.531. The van der Waals surface area contributed by atoms with E-state index in [9.17, 15) is 13.2 Å². The predicted octanol–water partition coefficient (Wildman–Crippen LogP) is 6.80. The molecule has 1 aliphatic carbocycles. The number of benzene rings is 1. The molecular weight excluding hydrogens is 349 g/mol. The zero-order valence-corrected chi connectivity index (χ0v) is 15.7. The third-order valence-corrected chi connectivity index (χ3v) is 8.75. The smallest absolute Gasteiger partial charge is 0.194 e. The van der Waals surface area contributed by atoms with E-state index in [-0.39, 0.29) is 5.92 Å². The average molecular weight is 374 g/mol. The van der Waals surface area contributed by atoms with Gasteiger partial charge < -0.3 is 0 Å². The van der Waals surface area contributed by atoms with E-state index in [0.717, 1.165) is 37.5 Å². The minimum atomic E-state index is -1.36. The maximum absolute atomic E-state index is 13.4. The Morgan fingerprint density at radius 1 is 0.833 bits per heavy atom. The number of rotatable bonds is 4. The third kappa shape index (κ3) is 4.57. The molecule has 0 nitrogen and oxygen atoms in total. The van der Waals surface area contributed by atoms with Crippen molar-refractivity contribution < 1.29 is 13.2 Å². The largest absolute Gasteiger partial charge is 0.204 e. The fourth-order valence-electron chi connectivity index (χ4n) is 4.35. The lowest BCUT2D eigenvalue weighted by atomic mass is 9.76. The van der Waals surface area contributed by atoms with Gasteiger partial charge in [0.25, 0.3) is 0 Å². The Bertz CT molecular complexity index is 527. The van der Waals surface area contributed by atoms with Crippen LogP contribution in [0.2, 0.25) is 12.1 Å². The Morgan fingerprint density at radius 2 is 1.33 bits per heavy atom. The second-order valence-corrected chi connectivity index (χ2v) is 11.2. The molecule has 1 radical (unpaired) electrons. The predicted molar refractivity (Wildman–Crippen MR) is 94.2 cm³/mol. The van der Waals surface area contributed by atoms with Gasteiger partial charge in [-0.25, -0.2) is 13.2 Å². The van der Waals surface area contributed by atoms with Gasteiger partial charge in [-0.15, -0.1) is 0 Å². The van der Waals surface area contributed by atoms with Crippen LogP contribution in [0.3, 0.4) is 0 Å². The summed E-state index contributed by atoms with van der Waals surface area (Å²) in [4.78, 5) is 0. The van der Waals surface area contributed by atoms with Gasteiger partial charge in [-0.2, -0.15) is 11.1 Å². The standard InChI is InChI=1S/C19H25ClF3Si/c20-24-9-7-14(8-10-24)2-1-13-3-5-15(6-4-13)16-11-17(21)19(23)18(22)12-16/h11-15H,1-10H2. The molecule has 1 aromatic rings. The highest BCUT2D eigenvalue weighted by molar-refractivity contribution is 7.07. The first kappa shape index (κ1) is 18.3. The molecule has 1 aliphatic heterocycles. The van der Waals surface area contributed by atoms with Gasteiger partial charge in [0.05, 0.1) is 0 Å². The highest BCUT2D eigenvalue weighted by Gasteiger charge is 2.26. The van der Waals surface area contributed by atoms with Crippen LogP contribution in [0.1, 0.15) is 62.8 Å². The summed E-state index contributed by atoms with van der Waals surface area (Å²) < 4.78 is 39.9. The summed E-state index contributed by atoms with van der Waals surface area (Å²) in [5, 5.41) is 0. The van der Waals surface area contributed by atoms with Crippen molar-refractivity contribution in [2.24, 2.45) is 11.8 Å². The molecule has 1 saturated heterocycles. The summed E-state index contributed by atoms with van der Waals surface area (Å²) >= 11 is 6.26. The van der Waals surface area contributed by atoms with Crippen LogP contribution in [-0.4, -0.2) is 8.11 Å². The molecule has 2 fully saturated rings. The van der Waals surface area contributed by atoms with Crippen molar-refractivity contribution in [3.05, 3.63) is 35.1 Å². The van der Waals surface area contributed by atoms with Crippen LogP contribution in [0.4, 0.5) is 13.2 Å². The van der Waals surface area contributed by atoms with E-state index >= 15 is 0 Å².